The van der Waals surface area contributed by atoms with Crippen molar-refractivity contribution in [3.63, 3.8) is 0 Å². The number of halogens is 2. The minimum absolute atomic E-state index is 0.523. The normalized spacial score (nSPS) is 12.2. The highest BCUT2D eigenvalue weighted by atomic mass is 127. The second-order valence-electron chi connectivity index (χ2n) is 4.66. The number of hydrogen-bond donors (Lipinski definition) is 1. The molecule has 0 aliphatic rings. The second-order valence-corrected chi connectivity index (χ2v) is 6.59. The van der Waals surface area contributed by atoms with E-state index >= 15 is 0 Å². The maximum Gasteiger partial charge on any atom is 0.119 e. The number of rotatable bonds is 4. The molecule has 0 aliphatic carbocycles. The fourth-order valence-electron chi connectivity index (χ4n) is 2.08. The molecule has 2 nitrogen and oxygen atoms in total. The van der Waals surface area contributed by atoms with E-state index in [1.165, 1.54) is 5.56 Å². The number of aliphatic hydroxyl groups is 1. The Balaban J connectivity index is 2.27. The van der Waals surface area contributed by atoms with Crippen molar-refractivity contribution in [3.8, 4) is 5.75 Å². The fraction of sp³-hybridized carbons (Fsp3) is 0.250. The highest BCUT2D eigenvalue weighted by molar-refractivity contribution is 14.1. The third kappa shape index (κ3) is 3.54. The van der Waals surface area contributed by atoms with Crippen LogP contribution in [0.3, 0.4) is 0 Å². The Bertz CT molecular complexity index is 613. The standard InChI is InChI=1S/C16H16BrIO2/c1-10-4-3-5-13(16(10)18)15(19)9-11-8-12(20-2)6-7-14(11)17/h3-8,15,19H,9H2,1-2H3. The summed E-state index contributed by atoms with van der Waals surface area (Å²) in [5, 5.41) is 10.5. The Labute approximate surface area is 141 Å². The molecule has 1 atom stereocenters. The zero-order valence-electron chi connectivity index (χ0n) is 11.4. The van der Waals surface area contributed by atoms with Gasteiger partial charge >= 0.3 is 0 Å². The quantitative estimate of drug-likeness (QED) is 0.693. The molecule has 4 heteroatoms. The minimum atomic E-state index is -0.523. The molecule has 0 saturated heterocycles. The highest BCUT2D eigenvalue weighted by Crippen LogP contribution is 2.30. The van der Waals surface area contributed by atoms with Crippen LogP contribution in [0.2, 0.25) is 0 Å². The molecule has 0 aromatic heterocycles. The molecule has 0 spiro atoms. The van der Waals surface area contributed by atoms with Gasteiger partial charge in [-0.05, 0) is 64.4 Å². The van der Waals surface area contributed by atoms with E-state index < -0.39 is 6.10 Å². The minimum Gasteiger partial charge on any atom is -0.497 e. The van der Waals surface area contributed by atoms with E-state index in [9.17, 15) is 5.11 Å². The molecule has 0 aliphatic heterocycles. The van der Waals surface area contributed by atoms with Crippen molar-refractivity contribution < 1.29 is 9.84 Å². The van der Waals surface area contributed by atoms with E-state index in [1.54, 1.807) is 7.11 Å². The van der Waals surface area contributed by atoms with Crippen molar-refractivity contribution in [1.29, 1.82) is 0 Å². The molecule has 0 amide bonds. The van der Waals surface area contributed by atoms with E-state index in [0.29, 0.717) is 6.42 Å². The Morgan fingerprint density at radius 1 is 1.30 bits per heavy atom. The van der Waals surface area contributed by atoms with Gasteiger partial charge in [0.25, 0.3) is 0 Å². The van der Waals surface area contributed by atoms with Crippen molar-refractivity contribution >= 4 is 38.5 Å². The van der Waals surface area contributed by atoms with Crippen LogP contribution in [-0.2, 0) is 6.42 Å². The third-order valence-electron chi connectivity index (χ3n) is 3.25. The Morgan fingerprint density at radius 3 is 2.75 bits per heavy atom. The van der Waals surface area contributed by atoms with Gasteiger partial charge < -0.3 is 9.84 Å². The summed E-state index contributed by atoms with van der Waals surface area (Å²) in [4.78, 5) is 0. The molecule has 2 rings (SSSR count). The maximum atomic E-state index is 10.5. The van der Waals surface area contributed by atoms with Gasteiger partial charge in [-0.15, -0.1) is 0 Å². The first kappa shape index (κ1) is 15.8. The topological polar surface area (TPSA) is 29.5 Å². The largest absolute Gasteiger partial charge is 0.497 e. The molecule has 0 saturated carbocycles. The van der Waals surface area contributed by atoms with Gasteiger partial charge in [0, 0.05) is 14.5 Å². The van der Waals surface area contributed by atoms with Crippen LogP contribution in [0.15, 0.2) is 40.9 Å². The monoisotopic (exact) mass is 446 g/mol. The van der Waals surface area contributed by atoms with Crippen molar-refractivity contribution in [3.05, 3.63) is 61.1 Å². The van der Waals surface area contributed by atoms with E-state index in [0.717, 1.165) is 24.9 Å². The van der Waals surface area contributed by atoms with Gasteiger partial charge in [0.2, 0.25) is 0 Å². The van der Waals surface area contributed by atoms with Crippen LogP contribution in [0.25, 0.3) is 0 Å². The predicted octanol–water partition coefficient (Wildman–Crippen LogP) is 4.65. The number of aryl methyl sites for hydroxylation is 1. The van der Waals surface area contributed by atoms with Crippen LogP contribution in [0.4, 0.5) is 0 Å². The summed E-state index contributed by atoms with van der Waals surface area (Å²) in [5.74, 6) is 0.800. The summed E-state index contributed by atoms with van der Waals surface area (Å²) in [7, 11) is 1.65. The molecular formula is C16H16BrIO2. The Hall–Kier alpha value is -0.590. The first-order chi connectivity index (χ1) is 9.52. The zero-order chi connectivity index (χ0) is 14.7. The first-order valence-corrected chi connectivity index (χ1v) is 8.15. The van der Waals surface area contributed by atoms with Crippen molar-refractivity contribution in [1.82, 2.24) is 0 Å². The zero-order valence-corrected chi connectivity index (χ0v) is 15.1. The first-order valence-electron chi connectivity index (χ1n) is 6.28. The van der Waals surface area contributed by atoms with Gasteiger partial charge in [0.15, 0.2) is 0 Å². The number of aliphatic hydroxyl groups excluding tert-OH is 1. The van der Waals surface area contributed by atoms with Crippen LogP contribution in [-0.4, -0.2) is 12.2 Å². The molecule has 20 heavy (non-hydrogen) atoms. The van der Waals surface area contributed by atoms with Crippen LogP contribution < -0.4 is 4.74 Å². The molecule has 0 heterocycles. The summed E-state index contributed by atoms with van der Waals surface area (Å²) in [6.45, 7) is 2.06. The van der Waals surface area contributed by atoms with Gasteiger partial charge in [-0.1, -0.05) is 34.1 Å². The number of methoxy groups -OCH3 is 1. The lowest BCUT2D eigenvalue weighted by Gasteiger charge is -2.16. The lowest BCUT2D eigenvalue weighted by molar-refractivity contribution is 0.177. The molecule has 0 radical (unpaired) electrons. The van der Waals surface area contributed by atoms with Crippen LogP contribution >= 0.6 is 38.5 Å². The SMILES string of the molecule is COc1ccc(Br)c(CC(O)c2cccc(C)c2I)c1. The van der Waals surface area contributed by atoms with Crippen LogP contribution in [0.5, 0.6) is 5.75 Å². The number of benzene rings is 2. The van der Waals surface area contributed by atoms with E-state index in [1.807, 2.05) is 30.3 Å². The molecular weight excluding hydrogens is 431 g/mol. The molecule has 1 N–H and O–H groups in total. The lowest BCUT2D eigenvalue weighted by atomic mass is 10.00. The summed E-state index contributed by atoms with van der Waals surface area (Å²) < 4.78 is 7.34. The van der Waals surface area contributed by atoms with E-state index in [2.05, 4.69) is 51.5 Å². The lowest BCUT2D eigenvalue weighted by Crippen LogP contribution is -2.05. The van der Waals surface area contributed by atoms with Gasteiger partial charge in [-0.25, -0.2) is 0 Å². The Morgan fingerprint density at radius 2 is 2.05 bits per heavy atom. The van der Waals surface area contributed by atoms with Crippen molar-refractivity contribution in [2.75, 3.05) is 7.11 Å². The maximum absolute atomic E-state index is 10.5. The van der Waals surface area contributed by atoms with Crippen LogP contribution in [0, 0.1) is 10.5 Å². The molecule has 1 unspecified atom stereocenters. The smallest absolute Gasteiger partial charge is 0.119 e. The molecule has 0 fully saturated rings. The molecule has 106 valence electrons. The van der Waals surface area contributed by atoms with E-state index in [-0.39, 0.29) is 0 Å². The van der Waals surface area contributed by atoms with Gasteiger partial charge in [-0.2, -0.15) is 0 Å². The van der Waals surface area contributed by atoms with Gasteiger partial charge in [0.05, 0.1) is 13.2 Å². The summed E-state index contributed by atoms with van der Waals surface area (Å²) in [6, 6.07) is 11.8. The van der Waals surface area contributed by atoms with E-state index in [4.69, 9.17) is 4.74 Å². The van der Waals surface area contributed by atoms with Crippen molar-refractivity contribution in [2.45, 2.75) is 19.4 Å². The fourth-order valence-corrected chi connectivity index (χ4v) is 3.21. The predicted molar refractivity (Wildman–Crippen MR) is 93.3 cm³/mol. The number of hydrogen-bond acceptors (Lipinski definition) is 2. The second kappa shape index (κ2) is 6.91. The molecule has 2 aromatic rings. The van der Waals surface area contributed by atoms with Crippen LogP contribution in [0.1, 0.15) is 22.8 Å². The summed E-state index contributed by atoms with van der Waals surface area (Å²) in [6.07, 6.45) is 0.0299. The van der Waals surface area contributed by atoms with Gasteiger partial charge in [-0.3, -0.25) is 0 Å². The average Bonchev–Trinajstić information content (AvgIpc) is 2.44. The van der Waals surface area contributed by atoms with Crippen molar-refractivity contribution in [2.24, 2.45) is 0 Å². The summed E-state index contributed by atoms with van der Waals surface area (Å²) in [5.41, 5.74) is 3.20. The summed E-state index contributed by atoms with van der Waals surface area (Å²) >= 11 is 5.81. The third-order valence-corrected chi connectivity index (χ3v) is 5.49. The van der Waals surface area contributed by atoms with Gasteiger partial charge in [0.1, 0.15) is 5.75 Å². The number of ether oxygens (including phenoxy) is 1. The molecule has 0 bridgehead atoms. The molecule has 2 aromatic carbocycles. The Kier molecular flexibility index (Phi) is 5.46. The average molecular weight is 447 g/mol. The highest BCUT2D eigenvalue weighted by Gasteiger charge is 2.15.